The number of ether oxygens (including phenoxy) is 1. The Labute approximate surface area is 95.2 Å². The fourth-order valence-electron chi connectivity index (χ4n) is 1.26. The van der Waals surface area contributed by atoms with Crippen LogP contribution in [0.1, 0.15) is 12.5 Å². The highest BCUT2D eigenvalue weighted by molar-refractivity contribution is 5.29. The van der Waals surface area contributed by atoms with Gasteiger partial charge in [-0.25, -0.2) is 4.39 Å². The largest absolute Gasteiger partial charge is 0.490 e. The van der Waals surface area contributed by atoms with Crippen molar-refractivity contribution in [2.24, 2.45) is 5.92 Å². The second-order valence-corrected chi connectivity index (χ2v) is 3.89. The number of halogens is 1. The zero-order chi connectivity index (χ0) is 12.0. The molecule has 1 unspecified atom stereocenters. The molecule has 1 aromatic rings. The zero-order valence-electron chi connectivity index (χ0n) is 9.66. The van der Waals surface area contributed by atoms with Crippen LogP contribution in [0.3, 0.4) is 0 Å². The Kier molecular flexibility index (Phi) is 5.22. The first-order chi connectivity index (χ1) is 7.67. The van der Waals surface area contributed by atoms with Crippen molar-refractivity contribution in [2.75, 3.05) is 20.3 Å². The standard InChI is InChI=1S/C12H18FNO2/c1-9(7-15)8-16-12-4-3-10(6-14-2)5-11(12)13/h3-5,9,14-15H,6-8H2,1-2H3. The molecule has 16 heavy (non-hydrogen) atoms. The van der Waals surface area contributed by atoms with Gasteiger partial charge in [0.15, 0.2) is 11.6 Å². The van der Waals surface area contributed by atoms with E-state index in [2.05, 4.69) is 5.32 Å². The molecule has 0 fully saturated rings. The van der Waals surface area contributed by atoms with Crippen LogP contribution in [0.2, 0.25) is 0 Å². The minimum absolute atomic E-state index is 0.0105. The number of rotatable bonds is 6. The van der Waals surface area contributed by atoms with Crippen molar-refractivity contribution < 1.29 is 14.2 Å². The van der Waals surface area contributed by atoms with Crippen LogP contribution in [0, 0.1) is 11.7 Å². The van der Waals surface area contributed by atoms with E-state index >= 15 is 0 Å². The lowest BCUT2D eigenvalue weighted by Gasteiger charge is -2.11. The lowest BCUT2D eigenvalue weighted by molar-refractivity contribution is 0.171. The normalized spacial score (nSPS) is 12.5. The third-order valence-electron chi connectivity index (χ3n) is 2.21. The topological polar surface area (TPSA) is 41.5 Å². The van der Waals surface area contributed by atoms with Crippen LogP contribution >= 0.6 is 0 Å². The maximum absolute atomic E-state index is 13.5. The Hall–Kier alpha value is -1.13. The van der Waals surface area contributed by atoms with Crippen molar-refractivity contribution in [2.45, 2.75) is 13.5 Å². The molecule has 0 aliphatic carbocycles. The molecule has 1 aromatic carbocycles. The van der Waals surface area contributed by atoms with E-state index in [-0.39, 0.29) is 24.1 Å². The van der Waals surface area contributed by atoms with E-state index in [1.165, 1.54) is 6.07 Å². The number of hydrogen-bond acceptors (Lipinski definition) is 3. The summed E-state index contributed by atoms with van der Waals surface area (Å²) in [6.07, 6.45) is 0. The van der Waals surface area contributed by atoms with Crippen LogP contribution in [0.25, 0.3) is 0 Å². The van der Waals surface area contributed by atoms with Crippen LogP contribution in [0.5, 0.6) is 5.75 Å². The molecule has 0 heterocycles. The van der Waals surface area contributed by atoms with Gasteiger partial charge in [-0.15, -0.1) is 0 Å². The fourth-order valence-corrected chi connectivity index (χ4v) is 1.26. The molecule has 0 saturated heterocycles. The van der Waals surface area contributed by atoms with Gasteiger partial charge in [0.2, 0.25) is 0 Å². The molecule has 4 heteroatoms. The van der Waals surface area contributed by atoms with E-state index in [1.807, 2.05) is 20.0 Å². The van der Waals surface area contributed by atoms with Crippen LogP contribution < -0.4 is 10.1 Å². The van der Waals surface area contributed by atoms with E-state index in [1.54, 1.807) is 6.07 Å². The van der Waals surface area contributed by atoms with E-state index in [0.717, 1.165) is 5.56 Å². The zero-order valence-corrected chi connectivity index (χ0v) is 9.66. The van der Waals surface area contributed by atoms with Gasteiger partial charge in [-0.3, -0.25) is 0 Å². The third kappa shape index (κ3) is 3.79. The summed E-state index contributed by atoms with van der Waals surface area (Å²) < 4.78 is 18.8. The molecular formula is C12H18FNO2. The van der Waals surface area contributed by atoms with Crippen LogP contribution in [-0.4, -0.2) is 25.4 Å². The van der Waals surface area contributed by atoms with Gasteiger partial charge in [-0.2, -0.15) is 0 Å². The van der Waals surface area contributed by atoms with Crippen LogP contribution in [0.4, 0.5) is 4.39 Å². The summed E-state index contributed by atoms with van der Waals surface area (Å²) in [5.74, 6) is -0.116. The maximum Gasteiger partial charge on any atom is 0.165 e. The van der Waals surface area contributed by atoms with Crippen molar-refractivity contribution in [1.82, 2.24) is 5.32 Å². The highest BCUT2D eigenvalue weighted by Crippen LogP contribution is 2.18. The van der Waals surface area contributed by atoms with Gasteiger partial charge in [0.1, 0.15) is 0 Å². The molecule has 0 aromatic heterocycles. The van der Waals surface area contributed by atoms with Crippen LogP contribution in [-0.2, 0) is 6.54 Å². The predicted octanol–water partition coefficient (Wildman–Crippen LogP) is 1.55. The molecule has 0 amide bonds. The molecule has 0 aliphatic rings. The SMILES string of the molecule is CNCc1ccc(OCC(C)CO)c(F)c1. The number of aliphatic hydroxyl groups excluding tert-OH is 1. The van der Waals surface area contributed by atoms with E-state index in [0.29, 0.717) is 13.2 Å². The Balaban J connectivity index is 2.60. The first-order valence-corrected chi connectivity index (χ1v) is 5.34. The van der Waals surface area contributed by atoms with E-state index < -0.39 is 0 Å². The fraction of sp³-hybridized carbons (Fsp3) is 0.500. The lowest BCUT2D eigenvalue weighted by atomic mass is 10.2. The van der Waals surface area contributed by atoms with Crippen molar-refractivity contribution in [1.29, 1.82) is 0 Å². The highest BCUT2D eigenvalue weighted by atomic mass is 19.1. The van der Waals surface area contributed by atoms with Crippen molar-refractivity contribution in [3.63, 3.8) is 0 Å². The molecule has 2 N–H and O–H groups in total. The monoisotopic (exact) mass is 227 g/mol. The van der Waals surface area contributed by atoms with Gasteiger partial charge in [-0.05, 0) is 24.7 Å². The molecule has 3 nitrogen and oxygen atoms in total. The Morgan fingerprint density at radius 3 is 2.81 bits per heavy atom. The van der Waals surface area contributed by atoms with Gasteiger partial charge in [-0.1, -0.05) is 13.0 Å². The van der Waals surface area contributed by atoms with Gasteiger partial charge in [0.05, 0.1) is 6.61 Å². The first-order valence-electron chi connectivity index (χ1n) is 5.34. The van der Waals surface area contributed by atoms with Crippen LogP contribution in [0.15, 0.2) is 18.2 Å². The number of benzene rings is 1. The highest BCUT2D eigenvalue weighted by Gasteiger charge is 2.06. The van der Waals surface area contributed by atoms with Gasteiger partial charge in [0, 0.05) is 19.1 Å². The average Bonchev–Trinajstić information content (AvgIpc) is 2.28. The molecule has 0 aliphatic heterocycles. The van der Waals surface area contributed by atoms with Gasteiger partial charge < -0.3 is 15.2 Å². The minimum Gasteiger partial charge on any atom is -0.490 e. The Morgan fingerprint density at radius 1 is 1.50 bits per heavy atom. The maximum atomic E-state index is 13.5. The molecule has 0 radical (unpaired) electrons. The summed E-state index contributed by atoms with van der Waals surface area (Å²) >= 11 is 0. The smallest absolute Gasteiger partial charge is 0.165 e. The number of nitrogens with one attached hydrogen (secondary N) is 1. The summed E-state index contributed by atoms with van der Waals surface area (Å²) in [4.78, 5) is 0. The lowest BCUT2D eigenvalue weighted by Crippen LogP contribution is -2.13. The molecule has 1 rings (SSSR count). The van der Waals surface area contributed by atoms with Crippen molar-refractivity contribution in [3.8, 4) is 5.75 Å². The van der Waals surface area contributed by atoms with Crippen molar-refractivity contribution in [3.05, 3.63) is 29.6 Å². The molecular weight excluding hydrogens is 209 g/mol. The van der Waals surface area contributed by atoms with E-state index in [4.69, 9.17) is 9.84 Å². The average molecular weight is 227 g/mol. The summed E-state index contributed by atoms with van der Waals surface area (Å²) in [6.45, 7) is 2.83. The second kappa shape index (κ2) is 6.45. The third-order valence-corrected chi connectivity index (χ3v) is 2.21. The molecule has 0 spiro atoms. The molecule has 0 bridgehead atoms. The second-order valence-electron chi connectivity index (χ2n) is 3.89. The quantitative estimate of drug-likeness (QED) is 0.774. The summed E-state index contributed by atoms with van der Waals surface area (Å²) in [5.41, 5.74) is 0.877. The number of aliphatic hydroxyl groups is 1. The molecule has 0 saturated carbocycles. The first kappa shape index (κ1) is 12.9. The predicted molar refractivity (Wildman–Crippen MR) is 60.9 cm³/mol. The van der Waals surface area contributed by atoms with Crippen molar-refractivity contribution >= 4 is 0 Å². The molecule has 1 atom stereocenters. The molecule has 90 valence electrons. The Morgan fingerprint density at radius 2 is 2.25 bits per heavy atom. The summed E-state index contributed by atoms with van der Waals surface area (Å²) in [5, 5.41) is 11.8. The van der Waals surface area contributed by atoms with Gasteiger partial charge in [0.25, 0.3) is 0 Å². The van der Waals surface area contributed by atoms with E-state index in [9.17, 15) is 4.39 Å². The van der Waals surface area contributed by atoms with Gasteiger partial charge >= 0.3 is 0 Å². The summed E-state index contributed by atoms with van der Waals surface area (Å²) in [7, 11) is 1.81. The summed E-state index contributed by atoms with van der Waals surface area (Å²) in [6, 6.07) is 4.89. The Bertz CT molecular complexity index is 331. The number of hydrogen-bond donors (Lipinski definition) is 2. The minimum atomic E-state index is -0.363.